The van der Waals surface area contributed by atoms with Crippen LogP contribution >= 0.6 is 11.3 Å². The number of carbonyl (C=O) groups excluding carboxylic acids is 2. The summed E-state index contributed by atoms with van der Waals surface area (Å²) in [6, 6.07) is 21.5. The van der Waals surface area contributed by atoms with Crippen LogP contribution < -0.4 is 20.7 Å². The van der Waals surface area contributed by atoms with Crippen molar-refractivity contribution in [2.45, 2.75) is 6.92 Å². The SMILES string of the molecule is Cc1cc(NC(=O)Nc2ccc(C(=O)Nc3ccc(-c4cn5c(n4)sc4cc(OCCN6CCOCC6)ccc45)cc3)cc2)no1. The number of urea groups is 1. The second-order valence-electron chi connectivity index (χ2n) is 10.8. The minimum atomic E-state index is -0.467. The smallest absolute Gasteiger partial charge is 0.324 e. The van der Waals surface area contributed by atoms with Gasteiger partial charge in [0.2, 0.25) is 0 Å². The number of morpholine rings is 1. The van der Waals surface area contributed by atoms with Crippen LogP contribution in [0.25, 0.3) is 26.4 Å². The second kappa shape index (κ2) is 13.0. The van der Waals surface area contributed by atoms with Crippen molar-refractivity contribution in [1.82, 2.24) is 19.4 Å². The van der Waals surface area contributed by atoms with E-state index in [0.717, 1.165) is 65.0 Å². The van der Waals surface area contributed by atoms with Crippen LogP contribution in [0.5, 0.6) is 5.75 Å². The normalized spacial score (nSPS) is 13.6. The fraction of sp³-hybridized carbons (Fsp3) is 0.212. The number of rotatable bonds is 9. The first kappa shape index (κ1) is 29.5. The molecule has 1 saturated heterocycles. The molecule has 12 nitrogen and oxygen atoms in total. The molecule has 0 bridgehead atoms. The van der Waals surface area contributed by atoms with Crippen molar-refractivity contribution in [3.05, 3.63) is 90.3 Å². The summed E-state index contributed by atoms with van der Waals surface area (Å²) < 4.78 is 19.6. The van der Waals surface area contributed by atoms with Crippen molar-refractivity contribution >= 4 is 55.6 Å². The van der Waals surface area contributed by atoms with E-state index >= 15 is 0 Å². The lowest BCUT2D eigenvalue weighted by Gasteiger charge is -2.26. The van der Waals surface area contributed by atoms with Crippen LogP contribution in [-0.4, -0.2) is 70.8 Å². The molecular formula is C33H31N7O5S. The summed E-state index contributed by atoms with van der Waals surface area (Å²) in [5.41, 5.74) is 4.51. The fourth-order valence-electron chi connectivity index (χ4n) is 5.16. The number of imidazole rings is 1. The van der Waals surface area contributed by atoms with Gasteiger partial charge in [0.1, 0.15) is 18.1 Å². The molecule has 3 aromatic carbocycles. The summed E-state index contributed by atoms with van der Waals surface area (Å²) in [5.74, 6) is 1.50. The van der Waals surface area contributed by atoms with Gasteiger partial charge >= 0.3 is 6.03 Å². The lowest BCUT2D eigenvalue weighted by Crippen LogP contribution is -2.38. The molecule has 6 aromatic rings. The summed E-state index contributed by atoms with van der Waals surface area (Å²) in [5, 5.41) is 11.9. The molecule has 1 fully saturated rings. The zero-order valence-electron chi connectivity index (χ0n) is 25.0. The average molecular weight is 638 g/mol. The Hall–Kier alpha value is -5.24. The molecule has 0 aliphatic carbocycles. The largest absolute Gasteiger partial charge is 0.492 e. The highest BCUT2D eigenvalue weighted by atomic mass is 32.1. The van der Waals surface area contributed by atoms with Crippen LogP contribution in [0, 0.1) is 6.92 Å². The molecule has 0 spiro atoms. The third-order valence-corrected chi connectivity index (χ3v) is 8.58. The van der Waals surface area contributed by atoms with Gasteiger partial charge < -0.3 is 24.6 Å². The van der Waals surface area contributed by atoms with E-state index < -0.39 is 6.03 Å². The number of aromatic nitrogens is 3. The number of ether oxygens (including phenoxy) is 2. The average Bonchev–Trinajstić information content (AvgIpc) is 3.76. The third-order valence-electron chi connectivity index (χ3n) is 7.56. The first-order valence-corrected chi connectivity index (χ1v) is 15.7. The molecule has 13 heteroatoms. The van der Waals surface area contributed by atoms with Crippen LogP contribution in [0.1, 0.15) is 16.1 Å². The maximum Gasteiger partial charge on any atom is 0.324 e. The van der Waals surface area contributed by atoms with Gasteiger partial charge in [-0.05, 0) is 61.5 Å². The summed E-state index contributed by atoms with van der Waals surface area (Å²) >= 11 is 1.62. The van der Waals surface area contributed by atoms with E-state index in [1.807, 2.05) is 36.5 Å². The Kier molecular flexibility index (Phi) is 8.33. The van der Waals surface area contributed by atoms with Crippen molar-refractivity contribution in [3.63, 3.8) is 0 Å². The molecule has 46 heavy (non-hydrogen) atoms. The number of thiazole rings is 1. The highest BCUT2D eigenvalue weighted by Gasteiger charge is 2.14. The molecule has 4 heterocycles. The molecule has 0 saturated carbocycles. The molecule has 0 unspecified atom stereocenters. The predicted molar refractivity (Wildman–Crippen MR) is 177 cm³/mol. The quantitative estimate of drug-likeness (QED) is 0.173. The van der Waals surface area contributed by atoms with Gasteiger partial charge in [-0.2, -0.15) is 0 Å². The Labute approximate surface area is 267 Å². The molecule has 3 N–H and O–H groups in total. The minimum Gasteiger partial charge on any atom is -0.492 e. The molecule has 1 aliphatic rings. The highest BCUT2D eigenvalue weighted by Crippen LogP contribution is 2.32. The zero-order valence-corrected chi connectivity index (χ0v) is 25.8. The van der Waals surface area contributed by atoms with Crippen molar-refractivity contribution < 1.29 is 23.6 Å². The lowest BCUT2D eigenvalue weighted by atomic mass is 10.1. The Morgan fingerprint density at radius 2 is 1.70 bits per heavy atom. The number of nitrogens with one attached hydrogen (secondary N) is 3. The van der Waals surface area contributed by atoms with Crippen LogP contribution in [0.4, 0.5) is 22.0 Å². The van der Waals surface area contributed by atoms with E-state index in [1.165, 1.54) is 0 Å². The highest BCUT2D eigenvalue weighted by molar-refractivity contribution is 7.23. The number of carbonyl (C=O) groups is 2. The number of anilines is 3. The van der Waals surface area contributed by atoms with Crippen LogP contribution in [-0.2, 0) is 4.74 Å². The number of benzene rings is 3. The minimum absolute atomic E-state index is 0.264. The molecule has 0 atom stereocenters. The fourth-order valence-corrected chi connectivity index (χ4v) is 6.20. The Balaban J connectivity index is 0.944. The summed E-state index contributed by atoms with van der Waals surface area (Å²) in [4.78, 5) is 33.1. The van der Waals surface area contributed by atoms with E-state index in [4.69, 9.17) is 19.0 Å². The summed E-state index contributed by atoms with van der Waals surface area (Å²) in [7, 11) is 0. The predicted octanol–water partition coefficient (Wildman–Crippen LogP) is 6.12. The van der Waals surface area contributed by atoms with Crippen LogP contribution in [0.2, 0.25) is 0 Å². The standard InChI is InChI=1S/C33H31N7O5S/c1-21-18-30(38-45-21)37-32(42)35-25-8-4-23(5-9-25)31(41)34-24-6-2-22(3-7-24)27-20-40-28-11-10-26(19-29(28)46-33(40)36-27)44-17-14-39-12-15-43-16-13-39/h2-11,18-20H,12-17H2,1H3,(H,34,41)(H2,35,37,38,42). The van der Waals surface area contributed by atoms with E-state index in [1.54, 1.807) is 48.6 Å². The van der Waals surface area contributed by atoms with Gasteiger partial charge in [0.05, 0.1) is 29.1 Å². The maximum absolute atomic E-state index is 12.8. The molecule has 3 amide bonds. The molecule has 234 valence electrons. The van der Waals surface area contributed by atoms with Gasteiger partial charge in [-0.25, -0.2) is 9.78 Å². The Bertz CT molecular complexity index is 1990. The van der Waals surface area contributed by atoms with Crippen molar-refractivity contribution in [1.29, 1.82) is 0 Å². The maximum atomic E-state index is 12.8. The summed E-state index contributed by atoms with van der Waals surface area (Å²) in [6.45, 7) is 6.74. The number of hydrogen-bond acceptors (Lipinski definition) is 9. The van der Waals surface area contributed by atoms with E-state index in [9.17, 15) is 9.59 Å². The molecule has 0 radical (unpaired) electrons. The van der Waals surface area contributed by atoms with Gasteiger partial charge in [-0.15, -0.1) is 0 Å². The van der Waals surface area contributed by atoms with Gasteiger partial charge in [0.25, 0.3) is 5.91 Å². The number of aryl methyl sites for hydroxylation is 1. The van der Waals surface area contributed by atoms with E-state index in [-0.39, 0.29) is 5.91 Å². The number of amides is 3. The molecule has 3 aromatic heterocycles. The molecular weight excluding hydrogens is 606 g/mol. The van der Waals surface area contributed by atoms with Crippen molar-refractivity contribution in [3.8, 4) is 17.0 Å². The number of nitrogens with zero attached hydrogens (tertiary/aromatic N) is 4. The first-order valence-electron chi connectivity index (χ1n) is 14.8. The van der Waals surface area contributed by atoms with Gasteiger partial charge in [-0.3, -0.25) is 19.4 Å². The third kappa shape index (κ3) is 6.71. The Morgan fingerprint density at radius 3 is 2.46 bits per heavy atom. The van der Waals surface area contributed by atoms with Gasteiger partial charge in [-0.1, -0.05) is 28.6 Å². The molecule has 7 rings (SSSR count). The monoisotopic (exact) mass is 637 g/mol. The first-order chi connectivity index (χ1) is 22.5. The van der Waals surface area contributed by atoms with Crippen molar-refractivity contribution in [2.75, 3.05) is 55.4 Å². The summed E-state index contributed by atoms with van der Waals surface area (Å²) in [6.07, 6.45) is 2.03. The van der Waals surface area contributed by atoms with Gasteiger partial charge in [0.15, 0.2) is 10.8 Å². The topological polar surface area (TPSA) is 135 Å². The van der Waals surface area contributed by atoms with Crippen LogP contribution in [0.3, 0.4) is 0 Å². The second-order valence-corrected chi connectivity index (χ2v) is 11.8. The van der Waals surface area contributed by atoms with E-state index in [2.05, 4.69) is 42.5 Å². The van der Waals surface area contributed by atoms with Crippen molar-refractivity contribution in [2.24, 2.45) is 0 Å². The number of hydrogen-bond donors (Lipinski definition) is 3. The number of fused-ring (bicyclic) bond motifs is 3. The zero-order chi connectivity index (χ0) is 31.5. The van der Waals surface area contributed by atoms with Gasteiger partial charge in [0, 0.05) is 54.4 Å². The lowest BCUT2D eigenvalue weighted by molar-refractivity contribution is 0.0322. The molecule has 1 aliphatic heterocycles. The van der Waals surface area contributed by atoms with E-state index in [0.29, 0.717) is 35.1 Å². The van der Waals surface area contributed by atoms with Crippen LogP contribution in [0.15, 0.2) is 83.5 Å². The Morgan fingerprint density at radius 1 is 0.935 bits per heavy atom.